The monoisotopic (exact) mass is 439 g/mol. The van der Waals surface area contributed by atoms with Crippen LogP contribution in [0.4, 0.5) is 0 Å². The SMILES string of the molecule is CC(C)(c1cc(-c2ccccc2)cc(-c2ccccn2)c1)c1cccc2c1oc1ccccc12. The predicted octanol–water partition coefficient (Wildman–Crippen LogP) is 8.64. The summed E-state index contributed by atoms with van der Waals surface area (Å²) in [6.07, 6.45) is 1.85. The molecule has 2 nitrogen and oxygen atoms in total. The van der Waals surface area contributed by atoms with Crippen molar-refractivity contribution < 1.29 is 4.42 Å². The number of fused-ring (bicyclic) bond motifs is 3. The Morgan fingerprint density at radius 1 is 0.618 bits per heavy atom. The van der Waals surface area contributed by atoms with E-state index >= 15 is 0 Å². The summed E-state index contributed by atoms with van der Waals surface area (Å²) in [7, 11) is 0. The van der Waals surface area contributed by atoms with Crippen LogP contribution in [0, 0.1) is 0 Å². The molecule has 0 saturated heterocycles. The molecular weight excluding hydrogens is 414 g/mol. The van der Waals surface area contributed by atoms with Gasteiger partial charge in [0.25, 0.3) is 0 Å². The van der Waals surface area contributed by atoms with Crippen molar-refractivity contribution in [2.45, 2.75) is 19.3 Å². The van der Waals surface area contributed by atoms with E-state index in [1.807, 2.05) is 30.5 Å². The van der Waals surface area contributed by atoms with Gasteiger partial charge in [-0.1, -0.05) is 92.7 Å². The lowest BCUT2D eigenvalue weighted by atomic mass is 9.76. The average Bonchev–Trinajstić information content (AvgIpc) is 3.28. The van der Waals surface area contributed by atoms with E-state index in [4.69, 9.17) is 4.42 Å². The second-order valence-corrected chi connectivity index (χ2v) is 9.29. The van der Waals surface area contributed by atoms with Gasteiger partial charge in [-0.2, -0.15) is 0 Å². The van der Waals surface area contributed by atoms with Crippen LogP contribution in [0.25, 0.3) is 44.3 Å². The molecule has 6 aromatic rings. The van der Waals surface area contributed by atoms with Gasteiger partial charge in [0.2, 0.25) is 0 Å². The van der Waals surface area contributed by atoms with Crippen LogP contribution in [0.1, 0.15) is 25.0 Å². The van der Waals surface area contributed by atoms with Gasteiger partial charge in [-0.3, -0.25) is 4.98 Å². The summed E-state index contributed by atoms with van der Waals surface area (Å²) in [6.45, 7) is 4.56. The van der Waals surface area contributed by atoms with Crippen LogP contribution in [0.3, 0.4) is 0 Å². The molecule has 0 N–H and O–H groups in total. The lowest BCUT2D eigenvalue weighted by Crippen LogP contribution is -2.19. The van der Waals surface area contributed by atoms with Gasteiger partial charge in [0.05, 0.1) is 5.69 Å². The Hall–Kier alpha value is -4.17. The van der Waals surface area contributed by atoms with Crippen LogP contribution in [0.5, 0.6) is 0 Å². The fourth-order valence-electron chi connectivity index (χ4n) is 4.86. The minimum atomic E-state index is -0.290. The summed E-state index contributed by atoms with van der Waals surface area (Å²) in [4.78, 5) is 4.64. The third-order valence-electron chi connectivity index (χ3n) is 6.80. The molecule has 0 aliphatic heterocycles. The number of aromatic nitrogens is 1. The van der Waals surface area contributed by atoms with E-state index in [9.17, 15) is 0 Å². The lowest BCUT2D eigenvalue weighted by molar-refractivity contribution is 0.608. The number of hydrogen-bond acceptors (Lipinski definition) is 2. The summed E-state index contributed by atoms with van der Waals surface area (Å²) in [6, 6.07) is 38.2. The maximum atomic E-state index is 6.41. The van der Waals surface area contributed by atoms with Crippen LogP contribution in [0.2, 0.25) is 0 Å². The Balaban J connectivity index is 1.59. The number of furan rings is 1. The highest BCUT2D eigenvalue weighted by molar-refractivity contribution is 6.06. The molecule has 4 aromatic carbocycles. The highest BCUT2D eigenvalue weighted by atomic mass is 16.3. The van der Waals surface area contributed by atoms with Gasteiger partial charge in [-0.05, 0) is 47.0 Å². The fraction of sp³-hybridized carbons (Fsp3) is 0.0938. The highest BCUT2D eigenvalue weighted by Crippen LogP contribution is 2.41. The molecular formula is C32H25NO. The number of rotatable bonds is 4. The molecule has 0 amide bonds. The minimum absolute atomic E-state index is 0.290. The van der Waals surface area contributed by atoms with E-state index < -0.39 is 0 Å². The van der Waals surface area contributed by atoms with E-state index in [1.54, 1.807) is 0 Å². The summed E-state index contributed by atoms with van der Waals surface area (Å²) in [5.41, 5.74) is 8.46. The van der Waals surface area contributed by atoms with Crippen LogP contribution in [0.15, 0.2) is 120 Å². The Bertz CT molecular complexity index is 1550. The molecule has 2 heterocycles. The number of hydrogen-bond donors (Lipinski definition) is 0. The van der Waals surface area contributed by atoms with Crippen molar-refractivity contribution in [3.63, 3.8) is 0 Å². The zero-order chi connectivity index (χ0) is 23.1. The lowest BCUT2D eigenvalue weighted by Gasteiger charge is -2.27. The largest absolute Gasteiger partial charge is 0.456 e. The molecule has 34 heavy (non-hydrogen) atoms. The first-order valence-corrected chi connectivity index (χ1v) is 11.6. The first-order chi connectivity index (χ1) is 16.6. The predicted molar refractivity (Wildman–Crippen MR) is 141 cm³/mol. The van der Waals surface area contributed by atoms with Crippen LogP contribution >= 0.6 is 0 Å². The normalized spacial score (nSPS) is 11.8. The van der Waals surface area contributed by atoms with Gasteiger partial charge >= 0.3 is 0 Å². The highest BCUT2D eigenvalue weighted by Gasteiger charge is 2.28. The van der Waals surface area contributed by atoms with Gasteiger partial charge in [0.15, 0.2) is 0 Å². The molecule has 0 unspecified atom stereocenters. The quantitative estimate of drug-likeness (QED) is 0.275. The van der Waals surface area contributed by atoms with E-state index in [1.165, 1.54) is 22.3 Å². The van der Waals surface area contributed by atoms with Crippen LogP contribution < -0.4 is 0 Å². The zero-order valence-corrected chi connectivity index (χ0v) is 19.3. The van der Waals surface area contributed by atoms with Crippen LogP contribution in [-0.2, 0) is 5.41 Å². The first kappa shape index (κ1) is 20.4. The number of benzene rings is 4. The van der Waals surface area contributed by atoms with Gasteiger partial charge in [0.1, 0.15) is 11.2 Å². The standard InChI is InChI=1S/C32H25NO/c1-32(2,28-15-10-14-27-26-13-6-7-17-30(26)34-31(27)28)25-20-23(22-11-4-3-5-12-22)19-24(21-25)29-16-8-9-18-33-29/h3-21H,1-2H3. The van der Waals surface area contributed by atoms with Gasteiger partial charge < -0.3 is 4.42 Å². The Morgan fingerprint density at radius 2 is 1.35 bits per heavy atom. The van der Waals surface area contributed by atoms with Gasteiger partial charge in [-0.25, -0.2) is 0 Å². The second kappa shape index (κ2) is 8.00. The Morgan fingerprint density at radius 3 is 2.18 bits per heavy atom. The van der Waals surface area contributed by atoms with Crippen molar-refractivity contribution in [2.75, 3.05) is 0 Å². The molecule has 0 fully saturated rings. The van der Waals surface area contributed by atoms with Gasteiger partial charge in [0, 0.05) is 33.5 Å². The van der Waals surface area contributed by atoms with Crippen LogP contribution in [-0.4, -0.2) is 4.98 Å². The molecule has 0 saturated carbocycles. The average molecular weight is 440 g/mol. The van der Waals surface area contributed by atoms with Gasteiger partial charge in [-0.15, -0.1) is 0 Å². The smallest absolute Gasteiger partial charge is 0.139 e. The maximum absolute atomic E-state index is 6.41. The van der Waals surface area contributed by atoms with E-state index in [0.29, 0.717) is 0 Å². The molecule has 0 aliphatic rings. The number of nitrogens with zero attached hydrogens (tertiary/aromatic N) is 1. The summed E-state index contributed by atoms with van der Waals surface area (Å²) < 4.78 is 6.41. The third kappa shape index (κ3) is 3.39. The van der Waals surface area contributed by atoms with E-state index in [-0.39, 0.29) is 5.41 Å². The Kier molecular flexibility index (Phi) is 4.81. The Labute approximate surface area is 199 Å². The molecule has 0 bridgehead atoms. The first-order valence-electron chi connectivity index (χ1n) is 11.6. The molecule has 0 spiro atoms. The van der Waals surface area contributed by atoms with Crippen molar-refractivity contribution in [1.29, 1.82) is 0 Å². The fourth-order valence-corrected chi connectivity index (χ4v) is 4.86. The molecule has 0 atom stereocenters. The maximum Gasteiger partial charge on any atom is 0.139 e. The minimum Gasteiger partial charge on any atom is -0.456 e. The molecule has 0 aliphatic carbocycles. The molecule has 0 radical (unpaired) electrons. The third-order valence-corrected chi connectivity index (χ3v) is 6.80. The second-order valence-electron chi connectivity index (χ2n) is 9.29. The van der Waals surface area contributed by atoms with E-state index in [0.717, 1.165) is 33.2 Å². The topological polar surface area (TPSA) is 26.0 Å². The molecule has 164 valence electrons. The van der Waals surface area contributed by atoms with Crippen molar-refractivity contribution >= 4 is 21.9 Å². The molecule has 6 rings (SSSR count). The molecule has 2 heteroatoms. The van der Waals surface area contributed by atoms with Crippen molar-refractivity contribution in [3.05, 3.63) is 127 Å². The number of para-hydroxylation sites is 2. The van der Waals surface area contributed by atoms with E-state index in [2.05, 4.69) is 104 Å². The van der Waals surface area contributed by atoms with Crippen molar-refractivity contribution in [1.82, 2.24) is 4.98 Å². The zero-order valence-electron chi connectivity index (χ0n) is 19.3. The van der Waals surface area contributed by atoms with Crippen molar-refractivity contribution in [2.24, 2.45) is 0 Å². The summed E-state index contributed by atoms with van der Waals surface area (Å²) in [5, 5.41) is 2.31. The number of pyridine rings is 1. The summed E-state index contributed by atoms with van der Waals surface area (Å²) >= 11 is 0. The molecule has 2 aromatic heterocycles. The summed E-state index contributed by atoms with van der Waals surface area (Å²) in [5.74, 6) is 0. The van der Waals surface area contributed by atoms with Crippen molar-refractivity contribution in [3.8, 4) is 22.4 Å².